The zero-order valence-corrected chi connectivity index (χ0v) is 9.52. The summed E-state index contributed by atoms with van der Waals surface area (Å²) in [4.78, 5) is 0. The Balaban J connectivity index is 2.13. The minimum Gasteiger partial charge on any atom is -0.327 e. The summed E-state index contributed by atoms with van der Waals surface area (Å²) in [5, 5.41) is 0. The van der Waals surface area contributed by atoms with Gasteiger partial charge in [-0.15, -0.1) is 0 Å². The Morgan fingerprint density at radius 1 is 1.20 bits per heavy atom. The van der Waals surface area contributed by atoms with Crippen LogP contribution in [0.15, 0.2) is 30.3 Å². The van der Waals surface area contributed by atoms with Crippen molar-refractivity contribution >= 4 is 0 Å². The maximum absolute atomic E-state index is 6.23. The second-order valence-corrected chi connectivity index (χ2v) is 4.77. The third kappa shape index (κ3) is 2.40. The first kappa shape index (κ1) is 10.7. The van der Waals surface area contributed by atoms with E-state index in [-0.39, 0.29) is 0 Å². The largest absolute Gasteiger partial charge is 0.327 e. The number of benzene rings is 1. The average Bonchev–Trinajstić information content (AvgIpc) is 2.31. The van der Waals surface area contributed by atoms with E-state index in [1.807, 2.05) is 0 Å². The van der Waals surface area contributed by atoms with Crippen LogP contribution in [0.3, 0.4) is 0 Å². The van der Waals surface area contributed by atoms with E-state index in [1.54, 1.807) is 0 Å². The Bertz CT molecular complexity index is 293. The van der Waals surface area contributed by atoms with Crippen molar-refractivity contribution in [3.63, 3.8) is 0 Å². The van der Waals surface area contributed by atoms with Crippen molar-refractivity contribution in [3.8, 4) is 0 Å². The molecule has 2 rings (SSSR count). The highest BCUT2D eigenvalue weighted by Crippen LogP contribution is 2.36. The van der Waals surface area contributed by atoms with E-state index in [2.05, 4.69) is 37.3 Å². The van der Waals surface area contributed by atoms with E-state index in [0.717, 1.165) is 5.92 Å². The molecule has 3 unspecified atom stereocenters. The minimum absolute atomic E-state index is 0.371. The van der Waals surface area contributed by atoms with E-state index in [4.69, 9.17) is 5.73 Å². The number of nitrogens with two attached hydrogens (primary N) is 1. The fraction of sp³-hybridized carbons (Fsp3) is 0.571. The van der Waals surface area contributed by atoms with Gasteiger partial charge in [0.15, 0.2) is 0 Å². The zero-order chi connectivity index (χ0) is 10.7. The van der Waals surface area contributed by atoms with Crippen molar-refractivity contribution in [2.24, 2.45) is 11.7 Å². The molecule has 0 bridgehead atoms. The molecule has 0 radical (unpaired) electrons. The fourth-order valence-corrected chi connectivity index (χ4v) is 2.74. The summed E-state index contributed by atoms with van der Waals surface area (Å²) in [6.07, 6.45) is 5.09. The third-order valence-electron chi connectivity index (χ3n) is 3.82. The highest BCUT2D eigenvalue weighted by atomic mass is 14.7. The van der Waals surface area contributed by atoms with Gasteiger partial charge in [-0.1, -0.05) is 43.7 Å². The molecular formula is C14H21N. The van der Waals surface area contributed by atoms with Gasteiger partial charge < -0.3 is 5.73 Å². The van der Waals surface area contributed by atoms with Crippen molar-refractivity contribution in [1.82, 2.24) is 0 Å². The van der Waals surface area contributed by atoms with Gasteiger partial charge in [-0.3, -0.25) is 0 Å². The van der Waals surface area contributed by atoms with Gasteiger partial charge in [0.25, 0.3) is 0 Å². The second-order valence-electron chi connectivity index (χ2n) is 4.77. The molecule has 3 atom stereocenters. The van der Waals surface area contributed by atoms with E-state index >= 15 is 0 Å². The monoisotopic (exact) mass is 203 g/mol. The Hall–Kier alpha value is -0.820. The average molecular weight is 203 g/mol. The van der Waals surface area contributed by atoms with Crippen LogP contribution in [0.4, 0.5) is 0 Å². The lowest BCUT2D eigenvalue weighted by atomic mass is 9.74. The lowest BCUT2D eigenvalue weighted by Crippen LogP contribution is -2.34. The summed E-state index contributed by atoms with van der Waals surface area (Å²) in [5.41, 5.74) is 7.66. The van der Waals surface area contributed by atoms with Crippen molar-refractivity contribution in [2.45, 2.75) is 44.6 Å². The van der Waals surface area contributed by atoms with Crippen LogP contribution in [0, 0.1) is 5.92 Å². The molecule has 1 heteroatoms. The van der Waals surface area contributed by atoms with E-state index in [9.17, 15) is 0 Å². The molecule has 15 heavy (non-hydrogen) atoms. The molecular weight excluding hydrogens is 182 g/mol. The molecule has 0 spiro atoms. The summed E-state index contributed by atoms with van der Waals surface area (Å²) in [6, 6.07) is 11.1. The first-order valence-corrected chi connectivity index (χ1v) is 6.11. The van der Waals surface area contributed by atoms with E-state index < -0.39 is 0 Å². The molecule has 2 N–H and O–H groups in total. The molecule has 1 aromatic rings. The van der Waals surface area contributed by atoms with Crippen LogP contribution in [0.5, 0.6) is 0 Å². The molecule has 0 saturated heterocycles. The van der Waals surface area contributed by atoms with E-state index in [0.29, 0.717) is 12.0 Å². The minimum atomic E-state index is 0.371. The van der Waals surface area contributed by atoms with Crippen LogP contribution in [0.1, 0.15) is 44.1 Å². The highest BCUT2D eigenvalue weighted by molar-refractivity contribution is 5.22. The van der Waals surface area contributed by atoms with Gasteiger partial charge in [0.05, 0.1) is 0 Å². The summed E-state index contributed by atoms with van der Waals surface area (Å²) in [5.74, 6) is 1.47. The van der Waals surface area contributed by atoms with Crippen molar-refractivity contribution in [1.29, 1.82) is 0 Å². The van der Waals surface area contributed by atoms with Crippen LogP contribution < -0.4 is 5.73 Å². The van der Waals surface area contributed by atoms with Gasteiger partial charge in [0.2, 0.25) is 0 Å². The fourth-order valence-electron chi connectivity index (χ4n) is 2.74. The highest BCUT2D eigenvalue weighted by Gasteiger charge is 2.27. The molecule has 1 aromatic carbocycles. The molecule has 1 aliphatic rings. The number of hydrogen-bond donors (Lipinski definition) is 1. The quantitative estimate of drug-likeness (QED) is 0.784. The van der Waals surface area contributed by atoms with Gasteiger partial charge >= 0.3 is 0 Å². The molecule has 0 aliphatic heterocycles. The van der Waals surface area contributed by atoms with Crippen LogP contribution in [0.25, 0.3) is 0 Å². The van der Waals surface area contributed by atoms with Crippen LogP contribution in [0.2, 0.25) is 0 Å². The topological polar surface area (TPSA) is 26.0 Å². The van der Waals surface area contributed by atoms with Gasteiger partial charge in [0, 0.05) is 6.04 Å². The Labute approximate surface area is 92.7 Å². The SMILES string of the molecule is CCC1CCC(N)C(c2ccccc2)C1. The summed E-state index contributed by atoms with van der Waals surface area (Å²) < 4.78 is 0. The maximum atomic E-state index is 6.23. The van der Waals surface area contributed by atoms with E-state index in [1.165, 1.54) is 31.2 Å². The van der Waals surface area contributed by atoms with Gasteiger partial charge in [-0.05, 0) is 36.7 Å². The third-order valence-corrected chi connectivity index (χ3v) is 3.82. The Morgan fingerprint density at radius 2 is 1.93 bits per heavy atom. The predicted molar refractivity (Wildman–Crippen MR) is 64.8 cm³/mol. The predicted octanol–water partition coefficient (Wildman–Crippen LogP) is 3.31. The smallest absolute Gasteiger partial charge is 0.0108 e. The second kappa shape index (κ2) is 4.80. The molecule has 1 aliphatic carbocycles. The lowest BCUT2D eigenvalue weighted by Gasteiger charge is -2.34. The molecule has 0 heterocycles. The lowest BCUT2D eigenvalue weighted by molar-refractivity contribution is 0.282. The molecule has 1 fully saturated rings. The normalized spacial score (nSPS) is 31.5. The van der Waals surface area contributed by atoms with Crippen molar-refractivity contribution < 1.29 is 0 Å². The first-order valence-electron chi connectivity index (χ1n) is 6.11. The molecule has 1 saturated carbocycles. The van der Waals surface area contributed by atoms with Crippen molar-refractivity contribution in [3.05, 3.63) is 35.9 Å². The molecule has 1 nitrogen and oxygen atoms in total. The standard InChI is InChI=1S/C14H21N/c1-2-11-8-9-14(15)13(10-11)12-6-4-3-5-7-12/h3-7,11,13-14H,2,8-10,15H2,1H3. The van der Waals surface area contributed by atoms with Crippen LogP contribution in [-0.2, 0) is 0 Å². The first-order chi connectivity index (χ1) is 7.31. The Kier molecular flexibility index (Phi) is 3.42. The molecule has 82 valence electrons. The summed E-state index contributed by atoms with van der Waals surface area (Å²) >= 11 is 0. The Morgan fingerprint density at radius 3 is 2.60 bits per heavy atom. The number of rotatable bonds is 2. The maximum Gasteiger partial charge on any atom is 0.0108 e. The zero-order valence-electron chi connectivity index (χ0n) is 9.52. The van der Waals surface area contributed by atoms with Crippen LogP contribution in [-0.4, -0.2) is 6.04 Å². The summed E-state index contributed by atoms with van der Waals surface area (Å²) in [7, 11) is 0. The van der Waals surface area contributed by atoms with Crippen molar-refractivity contribution in [2.75, 3.05) is 0 Å². The molecule has 0 amide bonds. The van der Waals surface area contributed by atoms with Gasteiger partial charge in [-0.2, -0.15) is 0 Å². The number of hydrogen-bond acceptors (Lipinski definition) is 1. The van der Waals surface area contributed by atoms with Crippen LogP contribution >= 0.6 is 0 Å². The van der Waals surface area contributed by atoms with Gasteiger partial charge in [0.1, 0.15) is 0 Å². The molecule has 0 aromatic heterocycles. The summed E-state index contributed by atoms with van der Waals surface area (Å²) in [6.45, 7) is 2.30. The van der Waals surface area contributed by atoms with Gasteiger partial charge in [-0.25, -0.2) is 0 Å².